The van der Waals surface area contributed by atoms with E-state index < -0.39 is 0 Å². The molecule has 0 atom stereocenters. The van der Waals surface area contributed by atoms with Gasteiger partial charge < -0.3 is 5.73 Å². The molecule has 1 aromatic rings. The van der Waals surface area contributed by atoms with E-state index in [-0.39, 0.29) is 0 Å². The lowest BCUT2D eigenvalue weighted by Crippen LogP contribution is -2.09. The maximum absolute atomic E-state index is 5.89. The zero-order valence-corrected chi connectivity index (χ0v) is 11.2. The van der Waals surface area contributed by atoms with E-state index in [4.69, 9.17) is 17.3 Å². The fourth-order valence-corrected chi connectivity index (χ4v) is 1.98. The van der Waals surface area contributed by atoms with Crippen LogP contribution < -0.4 is 5.73 Å². The number of hydrogen-bond acceptors (Lipinski definition) is 2. The van der Waals surface area contributed by atoms with Crippen LogP contribution in [0.4, 0.5) is 0 Å². The van der Waals surface area contributed by atoms with Crippen LogP contribution in [0.5, 0.6) is 0 Å². The van der Waals surface area contributed by atoms with Crippen LogP contribution in [0.1, 0.15) is 19.4 Å². The van der Waals surface area contributed by atoms with Crippen LogP contribution in [-0.2, 0) is 5.75 Å². The number of halogens is 1. The Labute approximate surface area is 106 Å². The molecular weight excluding hydrogens is 240 g/mol. The fraction of sp³-hybridized carbons (Fsp3) is 0.417. The molecule has 0 heterocycles. The number of hydrogen-bond donors (Lipinski definition) is 1. The van der Waals surface area contributed by atoms with E-state index in [9.17, 15) is 0 Å². The molecule has 1 rings (SSSR count). The third-order valence-electron chi connectivity index (χ3n) is 1.89. The molecule has 0 aliphatic rings. The van der Waals surface area contributed by atoms with Gasteiger partial charge in [0.1, 0.15) is 0 Å². The summed E-state index contributed by atoms with van der Waals surface area (Å²) in [5, 5.41) is 1.41. The third kappa shape index (κ3) is 5.42. The first-order valence-electron chi connectivity index (χ1n) is 5.25. The van der Waals surface area contributed by atoms with Crippen molar-refractivity contribution in [3.8, 4) is 0 Å². The Hall–Kier alpha value is -0.670. The van der Waals surface area contributed by atoms with Gasteiger partial charge in [0.15, 0.2) is 5.17 Å². The van der Waals surface area contributed by atoms with Crippen molar-refractivity contribution >= 4 is 28.5 Å². The van der Waals surface area contributed by atoms with Crippen molar-refractivity contribution in [1.29, 1.82) is 0 Å². The number of amidine groups is 1. The van der Waals surface area contributed by atoms with Crippen molar-refractivity contribution in [1.82, 2.24) is 0 Å². The molecule has 0 saturated carbocycles. The van der Waals surface area contributed by atoms with E-state index in [0.29, 0.717) is 11.1 Å². The lowest BCUT2D eigenvalue weighted by molar-refractivity contribution is 0.666. The predicted octanol–water partition coefficient (Wildman–Crippen LogP) is 3.54. The Morgan fingerprint density at radius 1 is 1.50 bits per heavy atom. The Kier molecular flexibility index (Phi) is 5.71. The molecule has 0 bridgehead atoms. The van der Waals surface area contributed by atoms with Crippen LogP contribution in [0.2, 0.25) is 5.02 Å². The first kappa shape index (κ1) is 13.4. The summed E-state index contributed by atoms with van der Waals surface area (Å²) >= 11 is 7.44. The molecule has 1 aromatic carbocycles. The fourth-order valence-electron chi connectivity index (χ4n) is 1.10. The average Bonchev–Trinajstić information content (AvgIpc) is 2.23. The maximum Gasteiger partial charge on any atom is 0.154 e. The van der Waals surface area contributed by atoms with E-state index in [1.807, 2.05) is 24.3 Å². The normalized spacial score (nSPS) is 12.1. The summed E-state index contributed by atoms with van der Waals surface area (Å²) in [5.41, 5.74) is 6.95. The van der Waals surface area contributed by atoms with Crippen LogP contribution in [0.3, 0.4) is 0 Å². The molecule has 2 nitrogen and oxygen atoms in total. The maximum atomic E-state index is 5.89. The molecular formula is C12H17ClN2S. The predicted molar refractivity (Wildman–Crippen MR) is 74.1 cm³/mol. The van der Waals surface area contributed by atoms with Gasteiger partial charge in [-0.3, -0.25) is 4.99 Å². The van der Waals surface area contributed by atoms with Crippen molar-refractivity contribution in [3.05, 3.63) is 34.9 Å². The van der Waals surface area contributed by atoms with Gasteiger partial charge in [-0.15, -0.1) is 0 Å². The van der Waals surface area contributed by atoms with Crippen molar-refractivity contribution in [2.75, 3.05) is 6.54 Å². The average molecular weight is 257 g/mol. The highest BCUT2D eigenvalue weighted by Crippen LogP contribution is 2.16. The highest BCUT2D eigenvalue weighted by Gasteiger charge is 1.98. The zero-order chi connectivity index (χ0) is 12.0. The number of aliphatic imine (C=N–C) groups is 1. The third-order valence-corrected chi connectivity index (χ3v) is 3.03. The molecule has 0 saturated heterocycles. The Bertz CT molecular complexity index is 364. The number of nitrogens with two attached hydrogens (primary N) is 1. The van der Waals surface area contributed by atoms with Gasteiger partial charge in [0.05, 0.1) is 0 Å². The van der Waals surface area contributed by atoms with Gasteiger partial charge in [0, 0.05) is 17.3 Å². The molecule has 0 radical (unpaired) electrons. The summed E-state index contributed by atoms with van der Waals surface area (Å²) in [6, 6.07) is 7.80. The van der Waals surface area contributed by atoms with Gasteiger partial charge in [-0.2, -0.15) is 0 Å². The SMILES string of the molecule is CC(C)CN=C(N)SCc1cccc(Cl)c1. The molecule has 0 aromatic heterocycles. The largest absolute Gasteiger partial charge is 0.379 e. The van der Waals surface area contributed by atoms with Gasteiger partial charge in [-0.1, -0.05) is 49.3 Å². The van der Waals surface area contributed by atoms with E-state index in [0.717, 1.165) is 17.3 Å². The second-order valence-electron chi connectivity index (χ2n) is 3.99. The summed E-state index contributed by atoms with van der Waals surface area (Å²) in [6.45, 7) is 5.03. The van der Waals surface area contributed by atoms with Crippen LogP contribution in [0, 0.1) is 5.92 Å². The number of thioether (sulfide) groups is 1. The number of benzene rings is 1. The number of rotatable bonds is 4. The van der Waals surface area contributed by atoms with E-state index in [1.54, 1.807) is 11.8 Å². The minimum absolute atomic E-state index is 0.547. The molecule has 4 heteroatoms. The van der Waals surface area contributed by atoms with Crippen LogP contribution in [-0.4, -0.2) is 11.7 Å². The Balaban J connectivity index is 2.42. The second-order valence-corrected chi connectivity index (χ2v) is 5.42. The first-order chi connectivity index (χ1) is 7.58. The van der Waals surface area contributed by atoms with Crippen LogP contribution in [0.15, 0.2) is 29.3 Å². The van der Waals surface area contributed by atoms with E-state index >= 15 is 0 Å². The molecule has 2 N–H and O–H groups in total. The summed E-state index contributed by atoms with van der Waals surface area (Å²) in [6.07, 6.45) is 0. The molecule has 16 heavy (non-hydrogen) atoms. The zero-order valence-electron chi connectivity index (χ0n) is 9.61. The molecule has 0 aliphatic heterocycles. The monoisotopic (exact) mass is 256 g/mol. The van der Waals surface area contributed by atoms with Crippen molar-refractivity contribution < 1.29 is 0 Å². The summed E-state index contributed by atoms with van der Waals surface area (Å²) in [4.78, 5) is 4.29. The Morgan fingerprint density at radius 3 is 2.88 bits per heavy atom. The molecule has 0 aliphatic carbocycles. The summed E-state index contributed by atoms with van der Waals surface area (Å²) in [5.74, 6) is 1.36. The lowest BCUT2D eigenvalue weighted by atomic mass is 10.2. The topological polar surface area (TPSA) is 38.4 Å². The van der Waals surface area contributed by atoms with Crippen LogP contribution in [0.25, 0.3) is 0 Å². The van der Waals surface area contributed by atoms with Gasteiger partial charge in [0.25, 0.3) is 0 Å². The van der Waals surface area contributed by atoms with E-state index in [1.165, 1.54) is 5.56 Å². The first-order valence-corrected chi connectivity index (χ1v) is 6.61. The smallest absolute Gasteiger partial charge is 0.154 e. The van der Waals surface area contributed by atoms with Gasteiger partial charge >= 0.3 is 0 Å². The Morgan fingerprint density at radius 2 is 2.25 bits per heavy atom. The van der Waals surface area contributed by atoms with Gasteiger partial charge in [-0.05, 0) is 23.6 Å². The van der Waals surface area contributed by atoms with Crippen molar-refractivity contribution in [3.63, 3.8) is 0 Å². The molecule has 0 amide bonds. The standard InChI is InChI=1S/C12H17ClN2S/c1-9(2)7-15-12(14)16-8-10-4-3-5-11(13)6-10/h3-6,9H,7-8H2,1-2H3,(H2,14,15). The molecule has 88 valence electrons. The highest BCUT2D eigenvalue weighted by molar-refractivity contribution is 8.13. The van der Waals surface area contributed by atoms with Gasteiger partial charge in [-0.25, -0.2) is 0 Å². The molecule has 0 spiro atoms. The van der Waals surface area contributed by atoms with E-state index in [2.05, 4.69) is 18.8 Å². The second kappa shape index (κ2) is 6.81. The minimum Gasteiger partial charge on any atom is -0.379 e. The minimum atomic E-state index is 0.547. The summed E-state index contributed by atoms with van der Waals surface area (Å²) < 4.78 is 0. The highest BCUT2D eigenvalue weighted by atomic mass is 35.5. The van der Waals surface area contributed by atoms with Gasteiger partial charge in [0.2, 0.25) is 0 Å². The van der Waals surface area contributed by atoms with Crippen molar-refractivity contribution in [2.45, 2.75) is 19.6 Å². The van der Waals surface area contributed by atoms with Crippen molar-refractivity contribution in [2.24, 2.45) is 16.6 Å². The lowest BCUT2D eigenvalue weighted by Gasteiger charge is -2.03. The quantitative estimate of drug-likeness (QED) is 0.661. The molecule has 0 fully saturated rings. The molecule has 0 unspecified atom stereocenters. The van der Waals surface area contributed by atoms with Crippen LogP contribution >= 0.6 is 23.4 Å². The number of nitrogens with zero attached hydrogens (tertiary/aromatic N) is 1. The summed E-state index contributed by atoms with van der Waals surface area (Å²) in [7, 11) is 0.